The third-order valence-corrected chi connectivity index (χ3v) is 9.16. The summed E-state index contributed by atoms with van der Waals surface area (Å²) in [6.07, 6.45) is 2.50. The van der Waals surface area contributed by atoms with Crippen molar-refractivity contribution in [1.29, 1.82) is 0 Å². The number of benzene rings is 2. The third-order valence-electron chi connectivity index (χ3n) is 8.26. The van der Waals surface area contributed by atoms with Gasteiger partial charge in [-0.1, -0.05) is 17.7 Å². The van der Waals surface area contributed by atoms with Crippen molar-refractivity contribution in [3.8, 4) is 17.0 Å². The Balaban J connectivity index is 1.29. The zero-order chi connectivity index (χ0) is 28.4. The fourth-order valence-corrected chi connectivity index (χ4v) is 6.91. The number of carboxylic acid groups (broad SMARTS) is 1. The summed E-state index contributed by atoms with van der Waals surface area (Å²) in [4.78, 5) is 33.3. The molecule has 1 saturated heterocycles. The van der Waals surface area contributed by atoms with Crippen LogP contribution in [0.1, 0.15) is 46.3 Å². The maximum atomic E-state index is 12.7. The van der Waals surface area contributed by atoms with E-state index in [2.05, 4.69) is 16.3 Å². The van der Waals surface area contributed by atoms with Gasteiger partial charge < -0.3 is 24.7 Å². The number of carbonyl (C=O) groups is 2. The summed E-state index contributed by atoms with van der Waals surface area (Å²) in [6.45, 7) is 6.44. The number of aryl methyl sites for hydroxylation is 2. The molecular weight excluding hydrogens is 526 g/mol. The molecule has 2 aromatic carbocycles. The number of carbonyl (C=O) groups excluding carboxylic acids is 1. The normalized spacial score (nSPS) is 20.0. The van der Waals surface area contributed by atoms with Gasteiger partial charge in [0.2, 0.25) is 0 Å². The first kappa shape index (κ1) is 28.1. The number of aliphatic hydroxyl groups excluding tert-OH is 1. The lowest BCUT2D eigenvalue weighted by Crippen LogP contribution is -2.44. The van der Waals surface area contributed by atoms with Crippen molar-refractivity contribution < 1.29 is 24.5 Å². The number of nitrogens with zero attached hydrogens (tertiary/aromatic N) is 3. The first-order valence-electron chi connectivity index (χ1n) is 13.9. The Morgan fingerprint density at radius 1 is 1.12 bits per heavy atom. The molecule has 1 aliphatic carbocycles. The standard InChI is InChI=1S/C31H37N3O5S/c1-19-5-10-27(39-17-24-9-6-21(14-20(24)2)29(36)33(3)11-4-12-35)25(13-19)26-18-40-31(32-26)34-15-22-7-8-23(16-34)28(22)30(37)38/h5-6,9-10,13-14,18,22-23,28,35H,4,7-8,11-12,15-17H2,1-3H3,(H,37,38)/t22-,23+,28+. The van der Waals surface area contributed by atoms with Gasteiger partial charge in [-0.2, -0.15) is 0 Å². The van der Waals surface area contributed by atoms with E-state index in [1.165, 1.54) is 0 Å². The molecule has 2 aliphatic rings. The van der Waals surface area contributed by atoms with Crippen molar-refractivity contribution in [2.45, 2.75) is 39.7 Å². The van der Waals surface area contributed by atoms with E-state index >= 15 is 0 Å². The Kier molecular flexibility index (Phi) is 8.42. The Bertz CT molecular complexity index is 1380. The van der Waals surface area contributed by atoms with E-state index in [-0.39, 0.29) is 30.3 Å². The van der Waals surface area contributed by atoms with E-state index in [9.17, 15) is 14.7 Å². The molecule has 40 heavy (non-hydrogen) atoms. The van der Waals surface area contributed by atoms with Gasteiger partial charge >= 0.3 is 5.97 Å². The van der Waals surface area contributed by atoms with E-state index in [1.54, 1.807) is 23.3 Å². The first-order valence-corrected chi connectivity index (χ1v) is 14.8. The quantitative estimate of drug-likeness (QED) is 0.358. The van der Waals surface area contributed by atoms with Gasteiger partial charge in [-0.3, -0.25) is 9.59 Å². The Hall–Kier alpha value is -3.43. The molecule has 2 N–H and O–H groups in total. The molecule has 212 valence electrons. The summed E-state index contributed by atoms with van der Waals surface area (Å²) in [6, 6.07) is 11.7. The predicted octanol–water partition coefficient (Wildman–Crippen LogP) is 5.01. The zero-order valence-corrected chi connectivity index (χ0v) is 24.1. The highest BCUT2D eigenvalue weighted by Gasteiger charge is 2.46. The summed E-state index contributed by atoms with van der Waals surface area (Å²) in [5.41, 5.74) is 5.49. The van der Waals surface area contributed by atoms with Crippen LogP contribution in [0.3, 0.4) is 0 Å². The van der Waals surface area contributed by atoms with Crippen LogP contribution < -0.4 is 9.64 Å². The summed E-state index contributed by atoms with van der Waals surface area (Å²) in [7, 11) is 1.75. The van der Waals surface area contributed by atoms with Crippen LogP contribution in [0.2, 0.25) is 0 Å². The topological polar surface area (TPSA) is 103 Å². The molecule has 3 aromatic rings. The van der Waals surface area contributed by atoms with E-state index < -0.39 is 5.97 Å². The number of ether oxygens (including phenoxy) is 1. The number of aliphatic carboxylic acids is 1. The van der Waals surface area contributed by atoms with Crippen LogP contribution in [0.25, 0.3) is 11.3 Å². The van der Waals surface area contributed by atoms with E-state index in [1.807, 2.05) is 44.2 Å². The molecule has 2 bridgehead atoms. The van der Waals surface area contributed by atoms with Gasteiger partial charge in [0.1, 0.15) is 12.4 Å². The molecule has 0 radical (unpaired) electrons. The number of hydrogen-bond acceptors (Lipinski definition) is 7. The second kappa shape index (κ2) is 12.0. The molecule has 0 unspecified atom stereocenters. The minimum Gasteiger partial charge on any atom is -0.488 e. The molecule has 2 fully saturated rings. The highest BCUT2D eigenvalue weighted by atomic mass is 32.1. The van der Waals surface area contributed by atoms with E-state index in [0.717, 1.165) is 64.8 Å². The van der Waals surface area contributed by atoms with Crippen LogP contribution in [0.4, 0.5) is 5.13 Å². The fraction of sp³-hybridized carbons (Fsp3) is 0.452. The maximum Gasteiger partial charge on any atom is 0.307 e. The molecule has 1 aliphatic heterocycles. The van der Waals surface area contributed by atoms with Gasteiger partial charge in [-0.05, 0) is 80.3 Å². The number of carboxylic acids is 1. The minimum atomic E-state index is -0.657. The predicted molar refractivity (Wildman–Crippen MR) is 156 cm³/mol. The molecule has 1 aromatic heterocycles. The average molecular weight is 564 g/mol. The van der Waals surface area contributed by atoms with Crippen molar-refractivity contribution in [1.82, 2.24) is 9.88 Å². The van der Waals surface area contributed by atoms with Crippen molar-refractivity contribution in [2.24, 2.45) is 17.8 Å². The average Bonchev–Trinajstić information content (AvgIpc) is 3.54. The van der Waals surface area contributed by atoms with E-state index in [0.29, 0.717) is 25.1 Å². The summed E-state index contributed by atoms with van der Waals surface area (Å²) >= 11 is 1.60. The number of anilines is 1. The Morgan fingerprint density at radius 2 is 1.88 bits per heavy atom. The number of fused-ring (bicyclic) bond motifs is 2. The largest absolute Gasteiger partial charge is 0.488 e. The molecule has 0 spiro atoms. The Morgan fingerprint density at radius 3 is 2.55 bits per heavy atom. The molecule has 2 heterocycles. The number of aromatic nitrogens is 1. The summed E-state index contributed by atoms with van der Waals surface area (Å²) < 4.78 is 6.32. The van der Waals surface area contributed by atoms with Gasteiger partial charge in [-0.15, -0.1) is 11.3 Å². The lowest BCUT2D eigenvalue weighted by atomic mass is 9.85. The summed E-state index contributed by atoms with van der Waals surface area (Å²) in [5, 5.41) is 21.7. The van der Waals surface area contributed by atoms with Gasteiger partial charge in [0.05, 0.1) is 11.6 Å². The van der Waals surface area contributed by atoms with Crippen LogP contribution in [-0.2, 0) is 11.4 Å². The van der Waals surface area contributed by atoms with E-state index in [4.69, 9.17) is 14.8 Å². The molecule has 1 saturated carbocycles. The second-order valence-electron chi connectivity index (χ2n) is 11.1. The number of rotatable bonds is 10. The monoisotopic (exact) mass is 563 g/mol. The fourth-order valence-electron chi connectivity index (χ4n) is 6.06. The van der Waals surface area contributed by atoms with Crippen LogP contribution in [0.15, 0.2) is 41.8 Å². The van der Waals surface area contributed by atoms with Crippen molar-refractivity contribution >= 4 is 28.3 Å². The van der Waals surface area contributed by atoms with Crippen LogP contribution in [0.5, 0.6) is 5.75 Å². The lowest BCUT2D eigenvalue weighted by molar-refractivity contribution is -0.144. The van der Waals surface area contributed by atoms with Gasteiger partial charge in [0.25, 0.3) is 5.91 Å². The van der Waals surface area contributed by atoms with Gasteiger partial charge in [0, 0.05) is 49.8 Å². The number of thiazole rings is 1. The van der Waals surface area contributed by atoms with Gasteiger partial charge in [0.15, 0.2) is 5.13 Å². The number of piperidine rings is 1. The van der Waals surface area contributed by atoms with Crippen LogP contribution in [0, 0.1) is 31.6 Å². The Labute approximate surface area is 239 Å². The first-order chi connectivity index (χ1) is 19.2. The molecule has 8 nitrogen and oxygen atoms in total. The van der Waals surface area contributed by atoms with Crippen molar-refractivity contribution in [3.05, 3.63) is 64.0 Å². The highest BCUT2D eigenvalue weighted by molar-refractivity contribution is 7.14. The van der Waals surface area contributed by atoms with Crippen LogP contribution in [-0.4, -0.2) is 65.3 Å². The van der Waals surface area contributed by atoms with Crippen molar-refractivity contribution in [3.63, 3.8) is 0 Å². The number of aliphatic hydroxyl groups is 1. The molecule has 9 heteroatoms. The third kappa shape index (κ3) is 5.86. The molecule has 1 amide bonds. The SMILES string of the molecule is Cc1ccc(OCc2ccc(C(=O)N(C)CCCO)cc2C)c(-c2csc(N3C[C@H]4CC[C@@H](C3)[C@H]4C(=O)O)n2)c1. The molecule has 3 atom stereocenters. The van der Waals surface area contributed by atoms with Crippen LogP contribution >= 0.6 is 11.3 Å². The smallest absolute Gasteiger partial charge is 0.307 e. The van der Waals surface area contributed by atoms with Gasteiger partial charge in [-0.25, -0.2) is 4.98 Å². The second-order valence-corrected chi connectivity index (χ2v) is 12.0. The molecule has 5 rings (SSSR count). The maximum absolute atomic E-state index is 12.7. The van der Waals surface area contributed by atoms with Crippen molar-refractivity contribution in [2.75, 3.05) is 38.2 Å². The number of amides is 1. The minimum absolute atomic E-state index is 0.0581. The zero-order valence-electron chi connectivity index (χ0n) is 23.3. The number of hydrogen-bond donors (Lipinski definition) is 2. The molecular formula is C31H37N3O5S. The highest BCUT2D eigenvalue weighted by Crippen LogP contribution is 2.44. The lowest BCUT2D eigenvalue weighted by Gasteiger charge is -2.35. The summed E-state index contributed by atoms with van der Waals surface area (Å²) in [5.74, 6) is 0.171.